The van der Waals surface area contributed by atoms with E-state index in [1.54, 1.807) is 22.2 Å². The summed E-state index contributed by atoms with van der Waals surface area (Å²) in [6.45, 7) is 0.447. The zero-order valence-corrected chi connectivity index (χ0v) is 13.3. The van der Waals surface area contributed by atoms with Gasteiger partial charge < -0.3 is 4.74 Å². The quantitative estimate of drug-likeness (QED) is 0.575. The molecule has 3 aromatic heterocycles. The van der Waals surface area contributed by atoms with E-state index in [1.165, 1.54) is 0 Å². The molecule has 4 aromatic rings. The van der Waals surface area contributed by atoms with Crippen LogP contribution in [0.3, 0.4) is 0 Å². The largest absolute Gasteiger partial charge is 0.487 e. The molecule has 6 heteroatoms. The van der Waals surface area contributed by atoms with Crippen molar-refractivity contribution in [2.45, 2.75) is 6.61 Å². The van der Waals surface area contributed by atoms with Crippen LogP contribution in [0.1, 0.15) is 5.69 Å². The molecule has 5 nitrogen and oxygen atoms in total. The summed E-state index contributed by atoms with van der Waals surface area (Å²) in [5.74, 6) is 0.821. The van der Waals surface area contributed by atoms with Gasteiger partial charge in [0.1, 0.15) is 17.4 Å². The molecule has 0 radical (unpaired) electrons. The molecule has 0 aliphatic heterocycles. The van der Waals surface area contributed by atoms with Gasteiger partial charge in [-0.05, 0) is 24.3 Å². The Morgan fingerprint density at radius 2 is 2.22 bits per heavy atom. The second-order valence-electron chi connectivity index (χ2n) is 5.19. The minimum Gasteiger partial charge on any atom is -0.487 e. The van der Waals surface area contributed by atoms with Crippen LogP contribution < -0.4 is 4.74 Å². The van der Waals surface area contributed by atoms with Gasteiger partial charge in [-0.25, -0.2) is 4.98 Å². The first-order valence-corrected chi connectivity index (χ1v) is 8.07. The Kier molecular flexibility index (Phi) is 3.51. The molecular formula is C17H14N4OS. The summed E-state index contributed by atoms with van der Waals surface area (Å²) in [6, 6.07) is 9.85. The van der Waals surface area contributed by atoms with E-state index in [-0.39, 0.29) is 0 Å². The topological polar surface area (TPSA) is 52.8 Å². The van der Waals surface area contributed by atoms with E-state index in [0.717, 1.165) is 32.9 Å². The number of fused-ring (bicyclic) bond motifs is 1. The number of benzene rings is 1. The van der Waals surface area contributed by atoms with Crippen molar-refractivity contribution in [2.75, 3.05) is 0 Å². The third-order valence-corrected chi connectivity index (χ3v) is 4.40. The predicted octanol–water partition coefficient (Wildman–Crippen LogP) is 3.67. The van der Waals surface area contributed by atoms with Crippen LogP contribution >= 0.6 is 11.3 Å². The highest BCUT2D eigenvalue weighted by atomic mass is 32.1. The molecule has 0 unspecified atom stereocenters. The normalized spacial score (nSPS) is 11.0. The number of thiazole rings is 1. The average molecular weight is 322 g/mol. The smallest absolute Gasteiger partial charge is 0.131 e. The molecule has 0 spiro atoms. The van der Waals surface area contributed by atoms with Gasteiger partial charge >= 0.3 is 0 Å². The van der Waals surface area contributed by atoms with Crippen LogP contribution in [0.4, 0.5) is 0 Å². The number of hydrogen-bond acceptors (Lipinski definition) is 5. The number of aromatic nitrogens is 4. The Bertz CT molecular complexity index is 960. The summed E-state index contributed by atoms with van der Waals surface area (Å²) in [5.41, 5.74) is 2.91. The first-order valence-electron chi connectivity index (χ1n) is 7.19. The van der Waals surface area contributed by atoms with Gasteiger partial charge in [0.05, 0.1) is 17.4 Å². The summed E-state index contributed by atoms with van der Waals surface area (Å²) < 4.78 is 7.62. The van der Waals surface area contributed by atoms with Gasteiger partial charge in [-0.3, -0.25) is 9.67 Å². The monoisotopic (exact) mass is 322 g/mol. The van der Waals surface area contributed by atoms with Crippen molar-refractivity contribution in [2.24, 2.45) is 7.05 Å². The molecule has 1 aromatic carbocycles. The molecule has 0 saturated carbocycles. The maximum Gasteiger partial charge on any atom is 0.131 e. The van der Waals surface area contributed by atoms with Crippen LogP contribution in [0.25, 0.3) is 21.5 Å². The van der Waals surface area contributed by atoms with E-state index in [9.17, 15) is 0 Å². The minimum atomic E-state index is 0.447. The predicted molar refractivity (Wildman–Crippen MR) is 90.4 cm³/mol. The molecule has 0 bridgehead atoms. The van der Waals surface area contributed by atoms with Crippen molar-refractivity contribution in [1.29, 1.82) is 0 Å². The van der Waals surface area contributed by atoms with Crippen LogP contribution in [0.2, 0.25) is 0 Å². The fraction of sp³-hybridized carbons (Fsp3) is 0.118. The number of aryl methyl sites for hydroxylation is 1. The first-order chi connectivity index (χ1) is 11.3. The zero-order valence-electron chi connectivity index (χ0n) is 12.5. The van der Waals surface area contributed by atoms with E-state index >= 15 is 0 Å². The second-order valence-corrected chi connectivity index (χ2v) is 6.05. The van der Waals surface area contributed by atoms with Crippen LogP contribution in [0, 0.1) is 0 Å². The third-order valence-electron chi connectivity index (χ3n) is 3.46. The van der Waals surface area contributed by atoms with E-state index in [1.807, 2.05) is 55.2 Å². The first kappa shape index (κ1) is 13.9. The molecule has 114 valence electrons. The number of pyridine rings is 1. The van der Waals surface area contributed by atoms with Crippen molar-refractivity contribution in [3.8, 4) is 16.3 Å². The third kappa shape index (κ3) is 2.93. The second kappa shape index (κ2) is 5.81. The molecule has 4 rings (SSSR count). The molecule has 3 heterocycles. The maximum absolute atomic E-state index is 5.85. The summed E-state index contributed by atoms with van der Waals surface area (Å²) >= 11 is 1.60. The molecule has 0 aliphatic rings. The van der Waals surface area contributed by atoms with Crippen molar-refractivity contribution < 1.29 is 4.74 Å². The fourth-order valence-electron chi connectivity index (χ4n) is 2.34. The number of rotatable bonds is 4. The number of ether oxygens (including phenoxy) is 1. The molecule has 0 fully saturated rings. The Balaban J connectivity index is 1.49. The lowest BCUT2D eigenvalue weighted by atomic mass is 10.2. The van der Waals surface area contributed by atoms with E-state index in [4.69, 9.17) is 4.74 Å². The van der Waals surface area contributed by atoms with E-state index in [0.29, 0.717) is 6.61 Å². The molecule has 0 saturated heterocycles. The molecule has 0 N–H and O–H groups in total. The molecular weight excluding hydrogens is 308 g/mol. The summed E-state index contributed by atoms with van der Waals surface area (Å²) in [5, 5.41) is 8.22. The van der Waals surface area contributed by atoms with Crippen LogP contribution in [-0.2, 0) is 13.7 Å². The van der Waals surface area contributed by atoms with Gasteiger partial charge in [0, 0.05) is 35.8 Å². The van der Waals surface area contributed by atoms with Crippen LogP contribution in [-0.4, -0.2) is 19.7 Å². The van der Waals surface area contributed by atoms with E-state index in [2.05, 4.69) is 15.1 Å². The van der Waals surface area contributed by atoms with Gasteiger partial charge in [0.15, 0.2) is 0 Å². The molecule has 23 heavy (non-hydrogen) atoms. The lowest BCUT2D eigenvalue weighted by molar-refractivity contribution is 0.302. The Labute approximate surface area is 137 Å². The van der Waals surface area contributed by atoms with Gasteiger partial charge in [-0.15, -0.1) is 11.3 Å². The lowest BCUT2D eigenvalue weighted by Crippen LogP contribution is -1.95. The van der Waals surface area contributed by atoms with Crippen molar-refractivity contribution in [3.05, 3.63) is 60.0 Å². The highest BCUT2D eigenvalue weighted by molar-refractivity contribution is 7.13. The lowest BCUT2D eigenvalue weighted by Gasteiger charge is -2.05. The Morgan fingerprint density at radius 3 is 3.09 bits per heavy atom. The van der Waals surface area contributed by atoms with Gasteiger partial charge in [-0.2, -0.15) is 5.10 Å². The molecule has 0 aliphatic carbocycles. The highest BCUT2D eigenvalue weighted by Crippen LogP contribution is 2.24. The summed E-state index contributed by atoms with van der Waals surface area (Å²) in [7, 11) is 1.90. The summed E-state index contributed by atoms with van der Waals surface area (Å²) in [4.78, 5) is 8.90. The molecule has 0 atom stereocenters. The molecule has 0 amide bonds. The Hall–Kier alpha value is -2.73. The van der Waals surface area contributed by atoms with Crippen molar-refractivity contribution in [3.63, 3.8) is 0 Å². The summed E-state index contributed by atoms with van der Waals surface area (Å²) in [6.07, 6.45) is 5.57. The van der Waals surface area contributed by atoms with Crippen molar-refractivity contribution in [1.82, 2.24) is 19.7 Å². The maximum atomic E-state index is 5.85. The zero-order chi connectivity index (χ0) is 15.6. The van der Waals surface area contributed by atoms with Crippen LogP contribution in [0.5, 0.6) is 5.75 Å². The van der Waals surface area contributed by atoms with Gasteiger partial charge in [-0.1, -0.05) is 6.07 Å². The van der Waals surface area contributed by atoms with Crippen molar-refractivity contribution >= 4 is 22.2 Å². The van der Waals surface area contributed by atoms with Gasteiger partial charge in [0.2, 0.25) is 0 Å². The Morgan fingerprint density at radius 1 is 1.26 bits per heavy atom. The van der Waals surface area contributed by atoms with Gasteiger partial charge in [0.25, 0.3) is 0 Å². The fourth-order valence-corrected chi connectivity index (χ4v) is 3.12. The number of hydrogen-bond donors (Lipinski definition) is 0. The average Bonchev–Trinajstić information content (AvgIpc) is 3.21. The number of nitrogens with zero attached hydrogens (tertiary/aromatic N) is 4. The standard InChI is InChI=1S/C17H14N4OS/c1-21-9-13(8-19-21)17-20-14(11-23-17)10-22-15-4-5-16-12(7-15)3-2-6-18-16/h2-9,11H,10H2,1H3. The SMILES string of the molecule is Cn1cc(-c2nc(COc3ccc4ncccc4c3)cs2)cn1. The minimum absolute atomic E-state index is 0.447. The highest BCUT2D eigenvalue weighted by Gasteiger charge is 2.07. The van der Waals surface area contributed by atoms with Crippen LogP contribution in [0.15, 0.2) is 54.3 Å². The van der Waals surface area contributed by atoms with E-state index < -0.39 is 0 Å².